The maximum atomic E-state index is 13.6. The van der Waals surface area contributed by atoms with Gasteiger partial charge in [-0.15, -0.1) is 23.1 Å². The second-order valence-electron chi connectivity index (χ2n) is 5.48. The van der Waals surface area contributed by atoms with Crippen LogP contribution in [0.3, 0.4) is 0 Å². The number of rotatable bonds is 6. The molecule has 3 rings (SSSR count). The minimum atomic E-state index is -0.316. The fourth-order valence-corrected chi connectivity index (χ4v) is 3.88. The van der Waals surface area contributed by atoms with Gasteiger partial charge in [-0.2, -0.15) is 0 Å². The SMILES string of the molecule is CN(Cc1ccccc1F)C(=O)CSCc1cc(=O)n2ccsc2n1. The molecule has 25 heavy (non-hydrogen) atoms. The third kappa shape index (κ3) is 4.26. The first-order chi connectivity index (χ1) is 12.0. The van der Waals surface area contributed by atoms with E-state index in [1.165, 1.54) is 44.5 Å². The number of fused-ring (bicyclic) bond motifs is 1. The summed E-state index contributed by atoms with van der Waals surface area (Å²) >= 11 is 2.78. The zero-order valence-corrected chi connectivity index (χ0v) is 15.1. The molecule has 0 aliphatic heterocycles. The minimum Gasteiger partial charge on any atom is -0.341 e. The molecule has 2 heterocycles. The van der Waals surface area contributed by atoms with E-state index in [9.17, 15) is 14.0 Å². The van der Waals surface area contributed by atoms with Gasteiger partial charge in [0.2, 0.25) is 5.91 Å². The van der Waals surface area contributed by atoms with Gasteiger partial charge < -0.3 is 4.90 Å². The molecule has 0 radical (unpaired) electrons. The molecule has 1 amide bonds. The van der Waals surface area contributed by atoms with Crippen molar-refractivity contribution in [3.8, 4) is 0 Å². The van der Waals surface area contributed by atoms with E-state index in [4.69, 9.17) is 0 Å². The molecule has 2 aromatic heterocycles. The summed E-state index contributed by atoms with van der Waals surface area (Å²) in [5, 5.41) is 1.81. The van der Waals surface area contributed by atoms with Crippen LogP contribution in [0.5, 0.6) is 0 Å². The lowest BCUT2D eigenvalue weighted by atomic mass is 10.2. The number of thioether (sulfide) groups is 1. The zero-order valence-electron chi connectivity index (χ0n) is 13.5. The van der Waals surface area contributed by atoms with Crippen LogP contribution >= 0.6 is 23.1 Å². The highest BCUT2D eigenvalue weighted by atomic mass is 32.2. The molecule has 0 bridgehead atoms. The van der Waals surface area contributed by atoms with Gasteiger partial charge >= 0.3 is 0 Å². The summed E-state index contributed by atoms with van der Waals surface area (Å²) in [6.45, 7) is 0.229. The second kappa shape index (κ2) is 7.79. The van der Waals surface area contributed by atoms with Crippen LogP contribution in [0, 0.1) is 5.82 Å². The van der Waals surface area contributed by atoms with Gasteiger partial charge in [0, 0.05) is 42.6 Å². The summed E-state index contributed by atoms with van der Waals surface area (Å²) < 4.78 is 15.1. The molecule has 0 saturated heterocycles. The van der Waals surface area contributed by atoms with Gasteiger partial charge in [-0.1, -0.05) is 18.2 Å². The highest BCUT2D eigenvalue weighted by molar-refractivity contribution is 7.99. The molecule has 130 valence electrons. The number of carbonyl (C=O) groups is 1. The van der Waals surface area contributed by atoms with Gasteiger partial charge in [0.05, 0.1) is 11.4 Å². The summed E-state index contributed by atoms with van der Waals surface area (Å²) in [6, 6.07) is 7.90. The van der Waals surface area contributed by atoms with Crippen molar-refractivity contribution >= 4 is 34.0 Å². The third-order valence-electron chi connectivity index (χ3n) is 3.62. The van der Waals surface area contributed by atoms with Crippen LogP contribution < -0.4 is 5.56 Å². The summed E-state index contributed by atoms with van der Waals surface area (Å²) in [4.78, 5) is 30.6. The molecule has 0 unspecified atom stereocenters. The van der Waals surface area contributed by atoms with Gasteiger partial charge in [0.1, 0.15) is 5.82 Å². The molecule has 1 aromatic carbocycles. The standard InChI is InChI=1S/C17H16FN3O2S2/c1-20(9-12-4-2-3-5-14(12)18)16(23)11-24-10-13-8-15(22)21-6-7-25-17(21)19-13/h2-8H,9-11H2,1H3. The van der Waals surface area contributed by atoms with Gasteiger partial charge in [0.15, 0.2) is 4.96 Å². The molecular weight excluding hydrogens is 361 g/mol. The van der Waals surface area contributed by atoms with Crippen molar-refractivity contribution in [2.24, 2.45) is 0 Å². The fraction of sp³-hybridized carbons (Fsp3) is 0.235. The van der Waals surface area contributed by atoms with Gasteiger partial charge in [-0.3, -0.25) is 14.0 Å². The Kier molecular flexibility index (Phi) is 5.50. The first-order valence-corrected chi connectivity index (χ1v) is 9.59. The molecule has 0 aliphatic rings. The first-order valence-electron chi connectivity index (χ1n) is 7.55. The Bertz CT molecular complexity index is 954. The van der Waals surface area contributed by atoms with Crippen molar-refractivity contribution in [3.05, 3.63) is 69.3 Å². The first kappa shape index (κ1) is 17.6. The second-order valence-corrected chi connectivity index (χ2v) is 7.33. The number of thiazole rings is 1. The van der Waals surface area contributed by atoms with E-state index in [0.29, 0.717) is 22.0 Å². The van der Waals surface area contributed by atoms with Gasteiger partial charge in [0.25, 0.3) is 5.56 Å². The minimum absolute atomic E-state index is 0.0952. The summed E-state index contributed by atoms with van der Waals surface area (Å²) in [7, 11) is 1.65. The Morgan fingerprint density at radius 3 is 3.00 bits per heavy atom. The van der Waals surface area contributed by atoms with Crippen LogP contribution in [0.25, 0.3) is 4.96 Å². The van der Waals surface area contributed by atoms with Crippen molar-refractivity contribution in [1.82, 2.24) is 14.3 Å². The summed E-state index contributed by atoms with van der Waals surface area (Å²) in [5.74, 6) is 0.310. The molecule has 0 saturated carbocycles. The smallest absolute Gasteiger partial charge is 0.258 e. The zero-order chi connectivity index (χ0) is 17.8. The molecule has 0 fully saturated rings. The van der Waals surface area contributed by atoms with E-state index >= 15 is 0 Å². The lowest BCUT2D eigenvalue weighted by Crippen LogP contribution is -2.28. The largest absolute Gasteiger partial charge is 0.341 e. The molecule has 5 nitrogen and oxygen atoms in total. The molecule has 0 N–H and O–H groups in total. The van der Waals surface area contributed by atoms with E-state index in [1.54, 1.807) is 31.4 Å². The number of halogens is 1. The lowest BCUT2D eigenvalue weighted by molar-refractivity contribution is -0.127. The van der Waals surface area contributed by atoms with Crippen LogP contribution in [0.2, 0.25) is 0 Å². The summed E-state index contributed by atoms with van der Waals surface area (Å²) in [6.07, 6.45) is 1.69. The fourth-order valence-electron chi connectivity index (χ4n) is 2.29. The van der Waals surface area contributed by atoms with E-state index < -0.39 is 0 Å². The van der Waals surface area contributed by atoms with Crippen molar-refractivity contribution in [1.29, 1.82) is 0 Å². The normalized spacial score (nSPS) is 11.0. The maximum absolute atomic E-state index is 13.6. The number of nitrogens with zero attached hydrogens (tertiary/aromatic N) is 3. The molecule has 0 aliphatic carbocycles. The number of carbonyl (C=O) groups excluding carboxylic acids is 1. The van der Waals surface area contributed by atoms with E-state index in [1.807, 2.05) is 5.38 Å². The monoisotopic (exact) mass is 377 g/mol. The van der Waals surface area contributed by atoms with Crippen LogP contribution in [0.15, 0.2) is 46.7 Å². The molecule has 0 atom stereocenters. The number of benzene rings is 1. The Balaban J connectivity index is 1.54. The van der Waals surface area contributed by atoms with E-state index in [-0.39, 0.29) is 29.6 Å². The van der Waals surface area contributed by atoms with Crippen molar-refractivity contribution in [3.63, 3.8) is 0 Å². The average molecular weight is 377 g/mol. The number of aromatic nitrogens is 2. The van der Waals surface area contributed by atoms with Crippen LogP contribution in [-0.4, -0.2) is 33.0 Å². The molecule has 8 heteroatoms. The van der Waals surface area contributed by atoms with E-state index in [0.717, 1.165) is 0 Å². The molecule has 3 aromatic rings. The quantitative estimate of drug-likeness (QED) is 0.663. The Hall–Kier alpha value is -2.19. The molecule has 0 spiro atoms. The third-order valence-corrected chi connectivity index (χ3v) is 5.33. The van der Waals surface area contributed by atoms with Crippen molar-refractivity contribution in [2.75, 3.05) is 12.8 Å². The number of hydrogen-bond acceptors (Lipinski definition) is 5. The predicted octanol–water partition coefficient (Wildman–Crippen LogP) is 2.79. The lowest BCUT2D eigenvalue weighted by Gasteiger charge is -2.17. The highest BCUT2D eigenvalue weighted by Crippen LogP contribution is 2.14. The van der Waals surface area contributed by atoms with Crippen molar-refractivity contribution < 1.29 is 9.18 Å². The van der Waals surface area contributed by atoms with Crippen LogP contribution in [-0.2, 0) is 17.1 Å². The van der Waals surface area contributed by atoms with Crippen LogP contribution in [0.1, 0.15) is 11.3 Å². The Labute approximate surface area is 152 Å². The molecular formula is C17H16FN3O2S2. The Morgan fingerprint density at radius 1 is 1.40 bits per heavy atom. The topological polar surface area (TPSA) is 54.7 Å². The number of hydrogen-bond donors (Lipinski definition) is 0. The van der Waals surface area contributed by atoms with Gasteiger partial charge in [-0.05, 0) is 6.07 Å². The Morgan fingerprint density at radius 2 is 2.20 bits per heavy atom. The van der Waals surface area contributed by atoms with Crippen molar-refractivity contribution in [2.45, 2.75) is 12.3 Å². The predicted molar refractivity (Wildman–Crippen MR) is 98.4 cm³/mol. The average Bonchev–Trinajstić information content (AvgIpc) is 3.06. The maximum Gasteiger partial charge on any atom is 0.258 e. The number of amides is 1. The van der Waals surface area contributed by atoms with E-state index in [2.05, 4.69) is 4.98 Å². The van der Waals surface area contributed by atoms with Crippen LogP contribution in [0.4, 0.5) is 4.39 Å². The highest BCUT2D eigenvalue weighted by Gasteiger charge is 2.12. The summed E-state index contributed by atoms with van der Waals surface area (Å²) in [5.41, 5.74) is 1.02. The van der Waals surface area contributed by atoms with Gasteiger partial charge in [-0.25, -0.2) is 9.37 Å².